The quantitative estimate of drug-likeness (QED) is 0.311. The van der Waals surface area contributed by atoms with Crippen molar-refractivity contribution in [1.29, 1.82) is 0 Å². The molecule has 0 aliphatic heterocycles. The standard InChI is InChI=1S/C29H48O/c1-3-5-6-7-9-25-11-13-26(14-12-25)10-8-23-30-29-21-19-28(20-22-29)27-17-15-24(4-2)16-18-27/h19-22,24-27H,3-18,23H2,1-2H3/t24-,25-,26-,27-. The van der Waals surface area contributed by atoms with Gasteiger partial charge in [-0.3, -0.25) is 0 Å². The highest BCUT2D eigenvalue weighted by Crippen LogP contribution is 2.37. The van der Waals surface area contributed by atoms with E-state index in [0.29, 0.717) is 0 Å². The number of rotatable bonds is 12. The summed E-state index contributed by atoms with van der Waals surface area (Å²) in [5, 5.41) is 0. The summed E-state index contributed by atoms with van der Waals surface area (Å²) < 4.78 is 6.07. The van der Waals surface area contributed by atoms with E-state index in [1.165, 1.54) is 108 Å². The minimum atomic E-state index is 0.781. The Hall–Kier alpha value is -0.980. The average molecular weight is 413 g/mol. The molecule has 2 aliphatic carbocycles. The van der Waals surface area contributed by atoms with Crippen molar-refractivity contribution in [3.8, 4) is 5.75 Å². The lowest BCUT2D eigenvalue weighted by atomic mass is 9.78. The molecule has 2 aliphatic rings. The summed E-state index contributed by atoms with van der Waals surface area (Å²) in [6, 6.07) is 9.08. The molecule has 170 valence electrons. The van der Waals surface area contributed by atoms with Gasteiger partial charge in [-0.1, -0.05) is 90.2 Å². The molecule has 0 spiro atoms. The van der Waals surface area contributed by atoms with E-state index in [1.54, 1.807) is 0 Å². The Labute approximate surface area is 187 Å². The Morgan fingerprint density at radius 2 is 1.27 bits per heavy atom. The molecular formula is C29H48O. The van der Waals surface area contributed by atoms with Crippen LogP contribution in [0.4, 0.5) is 0 Å². The minimum Gasteiger partial charge on any atom is -0.494 e. The van der Waals surface area contributed by atoms with Crippen molar-refractivity contribution < 1.29 is 4.74 Å². The van der Waals surface area contributed by atoms with Crippen LogP contribution in [-0.2, 0) is 0 Å². The van der Waals surface area contributed by atoms with E-state index in [4.69, 9.17) is 4.74 Å². The summed E-state index contributed by atoms with van der Waals surface area (Å²) >= 11 is 0. The van der Waals surface area contributed by atoms with Crippen LogP contribution in [0.1, 0.15) is 128 Å². The molecule has 1 nitrogen and oxygen atoms in total. The zero-order valence-electron chi connectivity index (χ0n) is 20.0. The van der Waals surface area contributed by atoms with E-state index in [0.717, 1.165) is 36.0 Å². The molecular weight excluding hydrogens is 364 g/mol. The molecule has 1 aromatic carbocycles. The first-order chi connectivity index (χ1) is 14.8. The molecule has 2 fully saturated rings. The van der Waals surface area contributed by atoms with Crippen molar-refractivity contribution in [3.05, 3.63) is 29.8 Å². The Morgan fingerprint density at radius 3 is 1.87 bits per heavy atom. The third-order valence-corrected chi connectivity index (χ3v) is 8.23. The highest BCUT2D eigenvalue weighted by molar-refractivity contribution is 5.29. The Balaban J connectivity index is 1.25. The number of hydrogen-bond donors (Lipinski definition) is 0. The SMILES string of the molecule is CCCCCC[C@H]1CC[C@H](CCCOc2ccc([C@H]3CC[C@H](CC)CC3)cc2)CC1. The highest BCUT2D eigenvalue weighted by Gasteiger charge is 2.22. The summed E-state index contributed by atoms with van der Waals surface area (Å²) in [5.74, 6) is 4.82. The van der Waals surface area contributed by atoms with Crippen molar-refractivity contribution >= 4 is 0 Å². The molecule has 0 amide bonds. The second-order valence-corrected chi connectivity index (χ2v) is 10.4. The van der Waals surface area contributed by atoms with Gasteiger partial charge in [0.2, 0.25) is 0 Å². The maximum Gasteiger partial charge on any atom is 0.119 e. The van der Waals surface area contributed by atoms with Crippen LogP contribution in [-0.4, -0.2) is 6.61 Å². The van der Waals surface area contributed by atoms with Gasteiger partial charge in [-0.25, -0.2) is 0 Å². The normalized spacial score (nSPS) is 27.1. The smallest absolute Gasteiger partial charge is 0.119 e. The third-order valence-electron chi connectivity index (χ3n) is 8.23. The lowest BCUT2D eigenvalue weighted by molar-refractivity contribution is 0.228. The Bertz CT molecular complexity index is 546. The largest absolute Gasteiger partial charge is 0.494 e. The topological polar surface area (TPSA) is 9.23 Å². The average Bonchev–Trinajstić information content (AvgIpc) is 2.81. The van der Waals surface area contributed by atoms with Crippen molar-refractivity contribution in [2.75, 3.05) is 6.61 Å². The van der Waals surface area contributed by atoms with Gasteiger partial charge < -0.3 is 4.74 Å². The summed E-state index contributed by atoms with van der Waals surface area (Å²) in [5.41, 5.74) is 1.53. The molecule has 0 aromatic heterocycles. The van der Waals surface area contributed by atoms with E-state index in [-0.39, 0.29) is 0 Å². The Morgan fingerprint density at radius 1 is 0.667 bits per heavy atom. The van der Waals surface area contributed by atoms with Crippen molar-refractivity contribution in [2.24, 2.45) is 17.8 Å². The molecule has 0 atom stereocenters. The Kier molecular flexibility index (Phi) is 10.6. The van der Waals surface area contributed by atoms with Crippen LogP contribution >= 0.6 is 0 Å². The van der Waals surface area contributed by atoms with Crippen LogP contribution in [0.5, 0.6) is 5.75 Å². The van der Waals surface area contributed by atoms with Crippen LogP contribution in [0.15, 0.2) is 24.3 Å². The van der Waals surface area contributed by atoms with Gasteiger partial charge in [-0.05, 0) is 79.9 Å². The molecule has 0 heterocycles. The minimum absolute atomic E-state index is 0.781. The second-order valence-electron chi connectivity index (χ2n) is 10.4. The van der Waals surface area contributed by atoms with E-state index < -0.39 is 0 Å². The van der Waals surface area contributed by atoms with Crippen LogP contribution in [0.3, 0.4) is 0 Å². The van der Waals surface area contributed by atoms with E-state index in [1.807, 2.05) is 0 Å². The van der Waals surface area contributed by atoms with Gasteiger partial charge in [0.05, 0.1) is 6.61 Å². The fraction of sp³-hybridized carbons (Fsp3) is 0.793. The maximum atomic E-state index is 6.07. The van der Waals surface area contributed by atoms with Crippen LogP contribution < -0.4 is 4.74 Å². The number of ether oxygens (including phenoxy) is 1. The first kappa shape index (κ1) is 23.7. The van der Waals surface area contributed by atoms with Gasteiger partial charge in [0.15, 0.2) is 0 Å². The van der Waals surface area contributed by atoms with E-state index in [9.17, 15) is 0 Å². The van der Waals surface area contributed by atoms with E-state index >= 15 is 0 Å². The van der Waals surface area contributed by atoms with Gasteiger partial charge in [0, 0.05) is 0 Å². The van der Waals surface area contributed by atoms with Crippen LogP contribution in [0.25, 0.3) is 0 Å². The van der Waals surface area contributed by atoms with Crippen molar-refractivity contribution in [1.82, 2.24) is 0 Å². The first-order valence-corrected chi connectivity index (χ1v) is 13.5. The van der Waals surface area contributed by atoms with Gasteiger partial charge in [-0.15, -0.1) is 0 Å². The molecule has 2 saturated carbocycles. The maximum absolute atomic E-state index is 6.07. The summed E-state index contributed by atoms with van der Waals surface area (Å²) in [7, 11) is 0. The molecule has 0 N–H and O–H groups in total. The molecule has 0 unspecified atom stereocenters. The molecule has 1 heteroatoms. The monoisotopic (exact) mass is 412 g/mol. The zero-order chi connectivity index (χ0) is 21.0. The molecule has 1 aromatic rings. The van der Waals surface area contributed by atoms with Crippen LogP contribution in [0.2, 0.25) is 0 Å². The molecule has 0 bridgehead atoms. The molecule has 3 rings (SSSR count). The first-order valence-electron chi connectivity index (χ1n) is 13.5. The van der Waals surface area contributed by atoms with Crippen molar-refractivity contribution in [2.45, 2.75) is 122 Å². The number of hydrogen-bond acceptors (Lipinski definition) is 1. The molecule has 30 heavy (non-hydrogen) atoms. The van der Waals surface area contributed by atoms with Crippen molar-refractivity contribution in [3.63, 3.8) is 0 Å². The molecule has 0 saturated heterocycles. The summed E-state index contributed by atoms with van der Waals surface area (Å²) in [6.45, 7) is 5.54. The fourth-order valence-corrected chi connectivity index (χ4v) is 5.97. The lowest BCUT2D eigenvalue weighted by Gasteiger charge is -2.28. The second kappa shape index (κ2) is 13.4. The van der Waals surface area contributed by atoms with Gasteiger partial charge >= 0.3 is 0 Å². The van der Waals surface area contributed by atoms with E-state index in [2.05, 4.69) is 38.1 Å². The third kappa shape index (κ3) is 7.93. The summed E-state index contributed by atoms with van der Waals surface area (Å²) in [6.07, 6.45) is 22.6. The molecule has 0 radical (unpaired) electrons. The highest BCUT2D eigenvalue weighted by atomic mass is 16.5. The number of unbranched alkanes of at least 4 members (excludes halogenated alkanes) is 3. The lowest BCUT2D eigenvalue weighted by Crippen LogP contribution is -2.15. The van der Waals surface area contributed by atoms with Gasteiger partial charge in [-0.2, -0.15) is 0 Å². The fourth-order valence-electron chi connectivity index (χ4n) is 5.97. The van der Waals surface area contributed by atoms with Crippen LogP contribution in [0, 0.1) is 17.8 Å². The van der Waals surface area contributed by atoms with Gasteiger partial charge in [0.1, 0.15) is 5.75 Å². The predicted molar refractivity (Wildman–Crippen MR) is 130 cm³/mol. The predicted octanol–water partition coefficient (Wildman–Crippen LogP) is 9.31. The summed E-state index contributed by atoms with van der Waals surface area (Å²) in [4.78, 5) is 0. The number of benzene rings is 1. The van der Waals surface area contributed by atoms with Gasteiger partial charge in [0.25, 0.3) is 0 Å². The zero-order valence-corrected chi connectivity index (χ0v) is 20.0.